The fourth-order valence-corrected chi connectivity index (χ4v) is 18.0. The smallest absolute Gasteiger partial charge is 0.152 e. The average Bonchev–Trinajstić information content (AvgIpc) is 1.57. The third-order valence-corrected chi connectivity index (χ3v) is 23.3. The SMILES string of the molecule is c1ccc(-c2ccc(-c3ccc4c(c3)c3ccccc3c3nc5cc6c(cn5c43)oc3ccccc36)cc2)cc1.c1ccc(-c2ccc3c(c2)c2ccccc2c2nc4cc5c(cn4c32)oc2ccccc25)cc1.c1ccc(-c2cccc(-c3ccc4c(c3)c3ccccc3c3nc5cc6c(cn5c43)oc3ccccc36)c2)cc1. The fourth-order valence-electron chi connectivity index (χ4n) is 18.0. The summed E-state index contributed by atoms with van der Waals surface area (Å²) in [5, 5.41) is 21.0. The van der Waals surface area contributed by atoms with Crippen molar-refractivity contribution in [3.8, 4) is 55.6 Å². The lowest BCUT2D eigenvalue weighted by Gasteiger charge is -2.11. The van der Waals surface area contributed by atoms with Gasteiger partial charge in [0.25, 0.3) is 0 Å². The first-order valence-electron chi connectivity index (χ1n) is 38.6. The number of hydrogen-bond acceptors (Lipinski definition) is 6. The number of imidazole rings is 3. The van der Waals surface area contributed by atoms with Gasteiger partial charge in [-0.2, -0.15) is 0 Å². The van der Waals surface area contributed by atoms with Crippen molar-refractivity contribution in [3.05, 3.63) is 377 Å². The van der Waals surface area contributed by atoms with Gasteiger partial charge in [0.2, 0.25) is 0 Å². The molecular weight excluding hydrogens is 1390 g/mol. The Morgan fingerprint density at radius 1 is 0.158 bits per heavy atom. The Kier molecular flexibility index (Phi) is 13.9. The lowest BCUT2D eigenvalue weighted by atomic mass is 9.94. The number of benzene rings is 17. The molecule has 9 nitrogen and oxygen atoms in total. The number of pyridine rings is 3. The van der Waals surface area contributed by atoms with Crippen LogP contribution in [0.25, 0.3) is 236 Å². The van der Waals surface area contributed by atoms with Crippen LogP contribution in [0, 0.1) is 0 Å². The minimum atomic E-state index is 0.864. The molecule has 9 heteroatoms. The molecule has 0 saturated heterocycles. The van der Waals surface area contributed by atoms with Gasteiger partial charge in [0.05, 0.1) is 51.7 Å². The van der Waals surface area contributed by atoms with E-state index in [4.69, 9.17) is 28.2 Å². The number of rotatable bonds is 5. The van der Waals surface area contributed by atoms with Crippen LogP contribution in [0.5, 0.6) is 0 Å². The largest absolute Gasteiger partial charge is 0.455 e. The van der Waals surface area contributed by atoms with Crippen molar-refractivity contribution in [3.63, 3.8) is 0 Å². The van der Waals surface area contributed by atoms with E-state index in [0.29, 0.717) is 0 Å². The third-order valence-electron chi connectivity index (χ3n) is 23.3. The molecule has 0 aliphatic heterocycles. The first kappa shape index (κ1) is 63.5. The van der Waals surface area contributed by atoms with Crippen LogP contribution in [0.4, 0.5) is 0 Å². The zero-order chi connectivity index (χ0) is 74.6. The van der Waals surface area contributed by atoms with Crippen LogP contribution in [0.1, 0.15) is 0 Å². The first-order valence-corrected chi connectivity index (χ1v) is 38.6. The Labute approximate surface area is 649 Å². The zero-order valence-electron chi connectivity index (χ0n) is 61.2. The highest BCUT2D eigenvalue weighted by molar-refractivity contribution is 6.28. The van der Waals surface area contributed by atoms with Gasteiger partial charge in [0, 0.05) is 64.6 Å². The second-order valence-electron chi connectivity index (χ2n) is 29.7. The summed E-state index contributed by atoms with van der Waals surface area (Å²) in [4.78, 5) is 15.5. The van der Waals surface area contributed by atoms with Crippen LogP contribution < -0.4 is 0 Å². The summed E-state index contributed by atoms with van der Waals surface area (Å²) in [6, 6.07) is 127. The molecule has 0 aliphatic rings. The van der Waals surface area contributed by atoms with E-state index in [1.165, 1.54) is 109 Å². The van der Waals surface area contributed by atoms with Gasteiger partial charge in [-0.1, -0.05) is 297 Å². The molecule has 26 aromatic rings. The van der Waals surface area contributed by atoms with Gasteiger partial charge < -0.3 is 13.3 Å². The molecule has 9 heterocycles. The fraction of sp³-hybridized carbons (Fsp3) is 0. The number of nitrogens with zero attached hydrogens (tertiary/aromatic N) is 6. The Hall–Kier alpha value is -15.5. The predicted octanol–water partition coefficient (Wildman–Crippen LogP) is 28.4. The first-order chi connectivity index (χ1) is 56.5. The van der Waals surface area contributed by atoms with Gasteiger partial charge in [0.15, 0.2) is 16.7 Å². The van der Waals surface area contributed by atoms with Gasteiger partial charge in [-0.05, 0) is 149 Å². The highest BCUT2D eigenvalue weighted by Crippen LogP contribution is 2.45. The summed E-state index contributed by atoms with van der Waals surface area (Å²) in [5.41, 5.74) is 26.6. The Balaban J connectivity index is 0.0000000992. The van der Waals surface area contributed by atoms with E-state index in [2.05, 4.69) is 353 Å². The topological polar surface area (TPSA) is 91.3 Å². The quantitative estimate of drug-likeness (QED) is 0.159. The van der Waals surface area contributed by atoms with Gasteiger partial charge in [0.1, 0.15) is 33.7 Å². The molecule has 0 radical (unpaired) electrons. The minimum Gasteiger partial charge on any atom is -0.455 e. The molecule has 0 bridgehead atoms. The molecule has 9 aromatic heterocycles. The van der Waals surface area contributed by atoms with E-state index < -0.39 is 0 Å². The van der Waals surface area contributed by atoms with Crippen molar-refractivity contribution in [2.75, 3.05) is 0 Å². The van der Waals surface area contributed by atoms with Crippen LogP contribution in [0.15, 0.2) is 390 Å². The third kappa shape index (κ3) is 9.96. The monoisotopic (exact) mass is 1450 g/mol. The van der Waals surface area contributed by atoms with Gasteiger partial charge in [-0.25, -0.2) is 15.0 Å². The highest BCUT2D eigenvalue weighted by Gasteiger charge is 2.23. The van der Waals surface area contributed by atoms with Gasteiger partial charge >= 0.3 is 0 Å². The normalized spacial score (nSPS) is 12.0. The highest BCUT2D eigenvalue weighted by atomic mass is 16.3. The molecule has 0 N–H and O–H groups in total. The van der Waals surface area contributed by atoms with E-state index >= 15 is 0 Å². The number of hydrogen-bond donors (Lipinski definition) is 0. The van der Waals surface area contributed by atoms with Gasteiger partial charge in [-0.15, -0.1) is 0 Å². The molecule has 0 aliphatic carbocycles. The Morgan fingerprint density at radius 3 is 0.754 bits per heavy atom. The van der Waals surface area contributed by atoms with Crippen molar-refractivity contribution >= 4 is 180 Å². The molecule has 0 atom stereocenters. The van der Waals surface area contributed by atoms with Crippen LogP contribution in [0.2, 0.25) is 0 Å². The molecule has 530 valence electrons. The molecular formula is C105H62N6O3. The minimum absolute atomic E-state index is 0.864. The summed E-state index contributed by atoms with van der Waals surface area (Å²) in [5.74, 6) is 0. The van der Waals surface area contributed by atoms with E-state index in [1.54, 1.807) is 0 Å². The molecule has 114 heavy (non-hydrogen) atoms. The van der Waals surface area contributed by atoms with Crippen LogP contribution >= 0.6 is 0 Å². The summed E-state index contributed by atoms with van der Waals surface area (Å²) in [7, 11) is 0. The molecule has 17 aromatic carbocycles. The summed E-state index contributed by atoms with van der Waals surface area (Å²) in [6.45, 7) is 0. The van der Waals surface area contributed by atoms with Crippen molar-refractivity contribution in [1.82, 2.24) is 28.2 Å². The number of aromatic nitrogens is 6. The van der Waals surface area contributed by atoms with Crippen molar-refractivity contribution in [2.45, 2.75) is 0 Å². The maximum atomic E-state index is 6.25. The van der Waals surface area contributed by atoms with Gasteiger partial charge in [-0.3, -0.25) is 13.2 Å². The Bertz CT molecular complexity index is 8480. The number of fused-ring (bicyclic) bond motifs is 33. The summed E-state index contributed by atoms with van der Waals surface area (Å²) in [6.07, 6.45) is 6.30. The van der Waals surface area contributed by atoms with Crippen molar-refractivity contribution < 1.29 is 13.3 Å². The molecule has 0 fully saturated rings. The van der Waals surface area contributed by atoms with E-state index in [-0.39, 0.29) is 0 Å². The van der Waals surface area contributed by atoms with E-state index in [1.807, 2.05) is 36.4 Å². The Morgan fingerprint density at radius 2 is 0.404 bits per heavy atom. The zero-order valence-corrected chi connectivity index (χ0v) is 61.2. The second-order valence-corrected chi connectivity index (χ2v) is 29.7. The number of para-hydroxylation sites is 3. The second kappa shape index (κ2) is 25.0. The van der Waals surface area contributed by atoms with E-state index in [9.17, 15) is 0 Å². The molecule has 0 amide bonds. The maximum Gasteiger partial charge on any atom is 0.152 e. The lowest BCUT2D eigenvalue weighted by molar-refractivity contribution is 0.666. The molecule has 0 saturated carbocycles. The predicted molar refractivity (Wildman–Crippen MR) is 472 cm³/mol. The maximum absolute atomic E-state index is 6.25. The molecule has 0 spiro atoms. The van der Waals surface area contributed by atoms with Crippen LogP contribution in [0.3, 0.4) is 0 Å². The van der Waals surface area contributed by atoms with E-state index in [0.717, 1.165) is 127 Å². The summed E-state index contributed by atoms with van der Waals surface area (Å²) < 4.78 is 25.3. The van der Waals surface area contributed by atoms with Crippen LogP contribution in [-0.2, 0) is 0 Å². The number of furan rings is 3. The van der Waals surface area contributed by atoms with Crippen molar-refractivity contribution in [1.29, 1.82) is 0 Å². The lowest BCUT2D eigenvalue weighted by Crippen LogP contribution is -1.88. The molecule has 0 unspecified atom stereocenters. The average molecular weight is 1460 g/mol. The van der Waals surface area contributed by atoms with Crippen LogP contribution in [-0.4, -0.2) is 28.2 Å². The van der Waals surface area contributed by atoms with Crippen molar-refractivity contribution in [2.24, 2.45) is 0 Å². The standard InChI is InChI=1S/2C37H22N2O.C31H18N2O/c1-2-9-23(10-3-1)24-11-8-12-25(19-24)26-17-18-30-31(20-26)27-13-4-5-15-29(27)36-37(30)39-22-34-32(21-35(39)38-36)28-14-6-7-16-33(28)40-34;1-2-8-23(9-3-1)24-14-16-25(17-15-24)26-18-19-30-31(20-26)27-10-4-5-12-29(27)36-37(30)39-22-34-32(21-35(39)38-36)28-11-6-7-13-33(28)40-34;1-2-8-19(9-3-1)20-14-15-24-25(16-20)21-10-4-5-12-23(21)30-31(24)33-18-28-26(17-29(33)32-30)22-11-6-7-13-27(22)34-28/h2*1-22H;1-18H. The molecule has 26 rings (SSSR count). The summed E-state index contributed by atoms with van der Waals surface area (Å²) >= 11 is 0.